The zero-order valence-electron chi connectivity index (χ0n) is 11.9. The first kappa shape index (κ1) is 13.6. The van der Waals surface area contributed by atoms with Gasteiger partial charge >= 0.3 is 0 Å². The smallest absolute Gasteiger partial charge is 0.0812 e. The van der Waals surface area contributed by atoms with Crippen molar-refractivity contribution in [1.82, 2.24) is 4.57 Å². The Morgan fingerprint density at radius 3 is 2.89 bits per heavy atom. The minimum absolute atomic E-state index is 0.174. The molecular weight excluding hydrogens is 226 g/mol. The fourth-order valence-electron chi connectivity index (χ4n) is 3.08. The van der Waals surface area contributed by atoms with Gasteiger partial charge in [0.05, 0.1) is 18.8 Å². The van der Waals surface area contributed by atoms with Gasteiger partial charge in [0.1, 0.15) is 0 Å². The average Bonchev–Trinajstić information content (AvgIpc) is 2.68. The highest BCUT2D eigenvalue weighted by Gasteiger charge is 2.34. The van der Waals surface area contributed by atoms with Crippen LogP contribution in [0, 0.1) is 5.41 Å². The maximum Gasteiger partial charge on any atom is 0.0812 e. The van der Waals surface area contributed by atoms with Gasteiger partial charge in [-0.3, -0.25) is 0 Å². The number of rotatable bonds is 4. The van der Waals surface area contributed by atoms with Crippen LogP contribution in [0.25, 0.3) is 0 Å². The Morgan fingerprint density at radius 2 is 2.28 bits per heavy atom. The molecule has 1 aliphatic carbocycles. The van der Waals surface area contributed by atoms with Crippen LogP contribution in [0.1, 0.15) is 57.0 Å². The molecule has 2 rings (SSSR count). The van der Waals surface area contributed by atoms with Gasteiger partial charge in [0.25, 0.3) is 0 Å². The lowest BCUT2D eigenvalue weighted by Crippen LogP contribution is -2.28. The normalized spacial score (nSPS) is 23.7. The molecule has 0 saturated carbocycles. The summed E-state index contributed by atoms with van der Waals surface area (Å²) in [5.74, 6) is 0. The van der Waals surface area contributed by atoms with Crippen LogP contribution in [0.5, 0.6) is 0 Å². The third-order valence-electron chi connectivity index (χ3n) is 4.03. The van der Waals surface area contributed by atoms with Crippen molar-refractivity contribution in [2.45, 2.75) is 52.2 Å². The lowest BCUT2D eigenvalue weighted by molar-refractivity contribution is 0.0950. The molecule has 3 heteroatoms. The standard InChI is InChI=1S/C15H25NO2/c1-5-11(10-18-4)16-7-6-12-13(16)8-15(2,3)9-14(12)17/h6-7,11,14,17H,5,8-10H2,1-4H3. The molecule has 1 aliphatic rings. The third-order valence-corrected chi connectivity index (χ3v) is 4.03. The molecule has 0 radical (unpaired) electrons. The van der Waals surface area contributed by atoms with Gasteiger partial charge < -0.3 is 14.4 Å². The van der Waals surface area contributed by atoms with Crippen molar-refractivity contribution in [3.63, 3.8) is 0 Å². The van der Waals surface area contributed by atoms with Crippen molar-refractivity contribution in [3.8, 4) is 0 Å². The molecule has 2 unspecified atom stereocenters. The Labute approximate surface area is 110 Å². The van der Waals surface area contributed by atoms with Gasteiger partial charge in [-0.25, -0.2) is 0 Å². The van der Waals surface area contributed by atoms with Crippen LogP contribution in [0.2, 0.25) is 0 Å². The van der Waals surface area contributed by atoms with Gasteiger partial charge in [0.2, 0.25) is 0 Å². The van der Waals surface area contributed by atoms with Crippen molar-refractivity contribution in [2.24, 2.45) is 5.41 Å². The highest BCUT2D eigenvalue weighted by atomic mass is 16.5. The second-order valence-corrected chi connectivity index (χ2v) is 6.20. The fourth-order valence-corrected chi connectivity index (χ4v) is 3.08. The molecule has 0 spiro atoms. The van der Waals surface area contributed by atoms with Gasteiger partial charge in [-0.2, -0.15) is 0 Å². The first-order valence-corrected chi connectivity index (χ1v) is 6.85. The molecule has 1 aromatic heterocycles. The SMILES string of the molecule is CCC(COC)n1ccc2c1CC(C)(C)CC2O. The molecule has 0 aromatic carbocycles. The predicted octanol–water partition coefficient (Wildman–Crippen LogP) is 3.09. The van der Waals surface area contributed by atoms with E-state index in [2.05, 4.69) is 37.6 Å². The summed E-state index contributed by atoms with van der Waals surface area (Å²) in [5, 5.41) is 10.3. The molecule has 0 bridgehead atoms. The zero-order valence-corrected chi connectivity index (χ0v) is 11.9. The zero-order chi connectivity index (χ0) is 13.3. The van der Waals surface area contributed by atoms with Crippen LogP contribution < -0.4 is 0 Å². The minimum atomic E-state index is -0.315. The Morgan fingerprint density at radius 1 is 1.56 bits per heavy atom. The lowest BCUT2D eigenvalue weighted by atomic mass is 9.75. The Balaban J connectivity index is 2.35. The number of aliphatic hydroxyl groups is 1. The molecule has 2 atom stereocenters. The molecule has 0 aliphatic heterocycles. The van der Waals surface area contributed by atoms with Crippen LogP contribution in [-0.2, 0) is 11.2 Å². The minimum Gasteiger partial charge on any atom is -0.388 e. The molecule has 1 aromatic rings. The summed E-state index contributed by atoms with van der Waals surface area (Å²) in [6.07, 6.45) is 4.73. The number of hydrogen-bond acceptors (Lipinski definition) is 2. The van der Waals surface area contributed by atoms with Gasteiger partial charge in [0, 0.05) is 24.6 Å². The topological polar surface area (TPSA) is 34.4 Å². The summed E-state index contributed by atoms with van der Waals surface area (Å²) in [7, 11) is 1.75. The highest BCUT2D eigenvalue weighted by molar-refractivity contribution is 5.29. The Hall–Kier alpha value is -0.800. The first-order chi connectivity index (χ1) is 8.48. The molecule has 0 saturated heterocycles. The summed E-state index contributed by atoms with van der Waals surface area (Å²) < 4.78 is 7.61. The van der Waals surface area contributed by atoms with Gasteiger partial charge in [0.15, 0.2) is 0 Å². The number of nitrogens with zero attached hydrogens (tertiary/aromatic N) is 1. The molecule has 0 fully saturated rings. The van der Waals surface area contributed by atoms with Gasteiger partial charge in [-0.15, -0.1) is 0 Å². The monoisotopic (exact) mass is 251 g/mol. The van der Waals surface area contributed by atoms with E-state index in [1.165, 1.54) is 5.69 Å². The van der Waals surface area contributed by atoms with E-state index in [-0.39, 0.29) is 11.5 Å². The Bertz CT molecular complexity index is 409. The average molecular weight is 251 g/mol. The number of aromatic nitrogens is 1. The molecule has 1 N–H and O–H groups in total. The number of fused-ring (bicyclic) bond motifs is 1. The van der Waals surface area contributed by atoms with E-state index in [0.29, 0.717) is 6.04 Å². The van der Waals surface area contributed by atoms with E-state index in [1.807, 2.05) is 0 Å². The third kappa shape index (κ3) is 2.47. The van der Waals surface area contributed by atoms with Gasteiger partial charge in [-0.05, 0) is 30.7 Å². The summed E-state index contributed by atoms with van der Waals surface area (Å²) >= 11 is 0. The molecule has 18 heavy (non-hydrogen) atoms. The van der Waals surface area contributed by atoms with Crippen LogP contribution in [0.3, 0.4) is 0 Å². The van der Waals surface area contributed by atoms with Crippen molar-refractivity contribution >= 4 is 0 Å². The highest BCUT2D eigenvalue weighted by Crippen LogP contribution is 2.42. The number of aliphatic hydroxyl groups excluding tert-OH is 1. The summed E-state index contributed by atoms with van der Waals surface area (Å²) in [6, 6.07) is 2.45. The van der Waals surface area contributed by atoms with E-state index in [1.54, 1.807) is 7.11 Å². The molecular formula is C15H25NO2. The number of ether oxygens (including phenoxy) is 1. The van der Waals surface area contributed by atoms with Crippen LogP contribution in [0.4, 0.5) is 0 Å². The Kier molecular flexibility index (Phi) is 3.83. The first-order valence-electron chi connectivity index (χ1n) is 6.85. The van der Waals surface area contributed by atoms with Crippen molar-refractivity contribution in [3.05, 3.63) is 23.5 Å². The molecule has 0 amide bonds. The van der Waals surface area contributed by atoms with Crippen molar-refractivity contribution in [2.75, 3.05) is 13.7 Å². The number of methoxy groups -OCH3 is 1. The lowest BCUT2D eigenvalue weighted by Gasteiger charge is -2.35. The molecule has 3 nitrogen and oxygen atoms in total. The van der Waals surface area contributed by atoms with Gasteiger partial charge in [-0.1, -0.05) is 20.8 Å². The number of hydrogen-bond donors (Lipinski definition) is 1. The van der Waals surface area contributed by atoms with Crippen LogP contribution in [0.15, 0.2) is 12.3 Å². The predicted molar refractivity (Wildman–Crippen MR) is 72.7 cm³/mol. The fraction of sp³-hybridized carbons (Fsp3) is 0.733. The maximum absolute atomic E-state index is 10.3. The molecule has 1 heterocycles. The quantitative estimate of drug-likeness (QED) is 0.892. The van der Waals surface area contributed by atoms with E-state index >= 15 is 0 Å². The van der Waals surface area contributed by atoms with Crippen molar-refractivity contribution in [1.29, 1.82) is 0 Å². The summed E-state index contributed by atoms with van der Waals surface area (Å²) in [6.45, 7) is 7.37. The summed E-state index contributed by atoms with van der Waals surface area (Å²) in [4.78, 5) is 0. The van der Waals surface area contributed by atoms with E-state index < -0.39 is 0 Å². The second kappa shape index (κ2) is 5.06. The van der Waals surface area contributed by atoms with E-state index in [4.69, 9.17) is 4.74 Å². The molecule has 102 valence electrons. The maximum atomic E-state index is 10.3. The summed E-state index contributed by atoms with van der Waals surface area (Å²) in [5.41, 5.74) is 2.58. The van der Waals surface area contributed by atoms with Crippen LogP contribution >= 0.6 is 0 Å². The van der Waals surface area contributed by atoms with Crippen LogP contribution in [-0.4, -0.2) is 23.4 Å². The largest absolute Gasteiger partial charge is 0.388 e. The van der Waals surface area contributed by atoms with E-state index in [9.17, 15) is 5.11 Å². The van der Waals surface area contributed by atoms with Crippen molar-refractivity contribution < 1.29 is 9.84 Å². The second-order valence-electron chi connectivity index (χ2n) is 6.20. The van der Waals surface area contributed by atoms with E-state index in [0.717, 1.165) is 31.4 Å².